The number of nitrogens with two attached hydrogens (primary N) is 1. The molecule has 0 saturated carbocycles. The Morgan fingerprint density at radius 1 is 1.53 bits per heavy atom. The number of benzene rings is 1. The lowest BCUT2D eigenvalue weighted by molar-refractivity contribution is 0.414. The normalized spacial score (nSPS) is 10.2. The van der Waals surface area contributed by atoms with Crippen LogP contribution in [0.4, 0.5) is 5.69 Å². The molecular formula is C9H9N3O2S. The Balaban J connectivity index is 2.57. The molecule has 1 aromatic carbocycles. The average molecular weight is 223 g/mol. The van der Waals surface area contributed by atoms with Gasteiger partial charge in [-0.05, 0) is 24.4 Å². The highest BCUT2D eigenvalue weighted by Crippen LogP contribution is 2.30. The van der Waals surface area contributed by atoms with Gasteiger partial charge in [0.25, 0.3) is 4.84 Å². The average Bonchev–Trinajstić information content (AvgIpc) is 2.64. The van der Waals surface area contributed by atoms with Crippen LogP contribution in [0.25, 0.3) is 11.5 Å². The standard InChI is InChI=1S/C9H9N3O2S/c1-13-7-4-5(10)2-3-6(7)8-11-12-9(15)14-8/h2-4H,10H2,1H3,(H,12,15). The lowest BCUT2D eigenvalue weighted by Crippen LogP contribution is -1.91. The van der Waals surface area contributed by atoms with E-state index in [0.29, 0.717) is 22.9 Å². The highest BCUT2D eigenvalue weighted by Gasteiger charge is 2.10. The van der Waals surface area contributed by atoms with Crippen LogP contribution >= 0.6 is 12.2 Å². The molecule has 1 heterocycles. The van der Waals surface area contributed by atoms with E-state index in [9.17, 15) is 0 Å². The number of hydrogen-bond donors (Lipinski definition) is 2. The number of hydrogen-bond acceptors (Lipinski definition) is 5. The van der Waals surface area contributed by atoms with Crippen LogP contribution in [-0.2, 0) is 0 Å². The smallest absolute Gasteiger partial charge is 0.284 e. The summed E-state index contributed by atoms with van der Waals surface area (Å²) in [6.07, 6.45) is 0. The van der Waals surface area contributed by atoms with Crippen LogP contribution in [0.3, 0.4) is 0 Å². The molecule has 0 unspecified atom stereocenters. The quantitative estimate of drug-likeness (QED) is 0.601. The molecule has 1 aromatic heterocycles. The monoisotopic (exact) mass is 223 g/mol. The van der Waals surface area contributed by atoms with Gasteiger partial charge in [0, 0.05) is 11.8 Å². The molecule has 0 aliphatic heterocycles. The summed E-state index contributed by atoms with van der Waals surface area (Å²) in [4.78, 5) is 0.226. The Bertz CT molecular complexity index is 532. The molecule has 2 rings (SSSR count). The van der Waals surface area contributed by atoms with Crippen molar-refractivity contribution in [1.29, 1.82) is 0 Å². The van der Waals surface area contributed by atoms with Crippen molar-refractivity contribution in [2.24, 2.45) is 0 Å². The topological polar surface area (TPSA) is 77.1 Å². The molecule has 15 heavy (non-hydrogen) atoms. The molecule has 0 bridgehead atoms. The van der Waals surface area contributed by atoms with Crippen molar-refractivity contribution >= 4 is 17.9 Å². The van der Waals surface area contributed by atoms with Crippen LogP contribution in [0, 0.1) is 4.84 Å². The van der Waals surface area contributed by atoms with Crippen LogP contribution in [0.15, 0.2) is 22.6 Å². The first-order chi connectivity index (χ1) is 7.20. The number of anilines is 1. The summed E-state index contributed by atoms with van der Waals surface area (Å²) in [6.45, 7) is 0. The van der Waals surface area contributed by atoms with Crippen LogP contribution in [0.1, 0.15) is 0 Å². The number of nitrogens with one attached hydrogen (secondary N) is 1. The molecule has 0 amide bonds. The highest BCUT2D eigenvalue weighted by atomic mass is 32.1. The molecular weight excluding hydrogens is 214 g/mol. The number of nitrogens with zero attached hydrogens (tertiary/aromatic N) is 1. The van der Waals surface area contributed by atoms with Crippen molar-refractivity contribution in [2.45, 2.75) is 0 Å². The van der Waals surface area contributed by atoms with E-state index >= 15 is 0 Å². The van der Waals surface area contributed by atoms with Gasteiger partial charge in [-0.2, -0.15) is 0 Å². The minimum Gasteiger partial charge on any atom is -0.496 e. The zero-order valence-corrected chi connectivity index (χ0v) is 8.80. The molecule has 2 aromatic rings. The van der Waals surface area contributed by atoms with Crippen LogP contribution in [-0.4, -0.2) is 17.3 Å². The third-order valence-electron chi connectivity index (χ3n) is 1.89. The molecule has 78 valence electrons. The number of H-pyrrole nitrogens is 1. The maximum atomic E-state index is 5.63. The van der Waals surface area contributed by atoms with Gasteiger partial charge < -0.3 is 14.9 Å². The number of aromatic nitrogens is 2. The van der Waals surface area contributed by atoms with Crippen molar-refractivity contribution in [1.82, 2.24) is 10.2 Å². The largest absolute Gasteiger partial charge is 0.496 e. The van der Waals surface area contributed by atoms with Crippen LogP contribution < -0.4 is 10.5 Å². The summed E-state index contributed by atoms with van der Waals surface area (Å²) in [7, 11) is 1.56. The fraction of sp³-hybridized carbons (Fsp3) is 0.111. The van der Waals surface area contributed by atoms with Gasteiger partial charge in [-0.15, -0.1) is 5.10 Å². The summed E-state index contributed by atoms with van der Waals surface area (Å²) in [5.74, 6) is 0.983. The molecule has 6 heteroatoms. The third-order valence-corrected chi connectivity index (χ3v) is 2.07. The van der Waals surface area contributed by atoms with Gasteiger partial charge in [0.15, 0.2) is 0 Å². The number of ether oxygens (including phenoxy) is 1. The fourth-order valence-electron chi connectivity index (χ4n) is 1.23. The van der Waals surface area contributed by atoms with E-state index in [4.69, 9.17) is 27.1 Å². The zero-order chi connectivity index (χ0) is 10.8. The summed E-state index contributed by atoms with van der Waals surface area (Å²) >= 11 is 4.79. The van der Waals surface area contributed by atoms with Crippen molar-refractivity contribution in [3.63, 3.8) is 0 Å². The van der Waals surface area contributed by atoms with Gasteiger partial charge in [-0.1, -0.05) is 0 Å². The summed E-state index contributed by atoms with van der Waals surface area (Å²) in [6, 6.07) is 5.20. The van der Waals surface area contributed by atoms with E-state index in [1.807, 2.05) is 0 Å². The van der Waals surface area contributed by atoms with Gasteiger partial charge in [0.1, 0.15) is 5.75 Å². The molecule has 0 atom stereocenters. The van der Waals surface area contributed by atoms with E-state index in [1.54, 1.807) is 25.3 Å². The van der Waals surface area contributed by atoms with E-state index < -0.39 is 0 Å². The van der Waals surface area contributed by atoms with Gasteiger partial charge >= 0.3 is 0 Å². The molecule has 3 N–H and O–H groups in total. The minimum absolute atomic E-state index is 0.226. The Morgan fingerprint density at radius 3 is 2.93 bits per heavy atom. The predicted octanol–water partition coefficient (Wildman–Crippen LogP) is 1.99. The van der Waals surface area contributed by atoms with Gasteiger partial charge in [0.05, 0.1) is 12.7 Å². The molecule has 0 aliphatic carbocycles. The Labute approximate surface area is 90.9 Å². The Hall–Kier alpha value is -1.82. The highest BCUT2D eigenvalue weighted by molar-refractivity contribution is 7.71. The second kappa shape index (κ2) is 3.74. The zero-order valence-electron chi connectivity index (χ0n) is 7.98. The minimum atomic E-state index is 0.226. The van der Waals surface area contributed by atoms with Crippen molar-refractivity contribution < 1.29 is 9.15 Å². The number of methoxy groups -OCH3 is 1. The lowest BCUT2D eigenvalue weighted by Gasteiger charge is -2.05. The maximum absolute atomic E-state index is 5.63. The Morgan fingerprint density at radius 2 is 2.33 bits per heavy atom. The van der Waals surface area contributed by atoms with E-state index in [2.05, 4.69) is 10.2 Å². The molecule has 0 radical (unpaired) electrons. The second-order valence-electron chi connectivity index (χ2n) is 2.88. The van der Waals surface area contributed by atoms with Crippen LogP contribution in [0.2, 0.25) is 0 Å². The first-order valence-electron chi connectivity index (χ1n) is 4.20. The molecule has 5 nitrogen and oxygen atoms in total. The third kappa shape index (κ3) is 1.84. The predicted molar refractivity (Wildman–Crippen MR) is 58.1 cm³/mol. The summed E-state index contributed by atoms with van der Waals surface area (Å²) in [5.41, 5.74) is 6.95. The van der Waals surface area contributed by atoms with Crippen molar-refractivity contribution in [3.05, 3.63) is 23.0 Å². The summed E-state index contributed by atoms with van der Waals surface area (Å²) in [5, 5.41) is 6.45. The van der Waals surface area contributed by atoms with Crippen molar-refractivity contribution in [3.8, 4) is 17.2 Å². The first kappa shape index (κ1) is 9.72. The van der Waals surface area contributed by atoms with Gasteiger partial charge in [0.2, 0.25) is 5.89 Å². The summed E-state index contributed by atoms with van der Waals surface area (Å²) < 4.78 is 10.3. The Kier molecular flexibility index (Phi) is 2.42. The molecule has 0 aliphatic rings. The molecule has 0 spiro atoms. The van der Waals surface area contributed by atoms with Gasteiger partial charge in [-0.3, -0.25) is 0 Å². The number of nitrogen functional groups attached to an aromatic ring is 1. The number of rotatable bonds is 2. The molecule has 0 saturated heterocycles. The van der Waals surface area contributed by atoms with Gasteiger partial charge in [-0.25, -0.2) is 5.10 Å². The van der Waals surface area contributed by atoms with E-state index in [0.717, 1.165) is 0 Å². The second-order valence-corrected chi connectivity index (χ2v) is 3.25. The SMILES string of the molecule is COc1cc(N)ccc1-c1n[nH]c(=S)o1. The molecule has 0 fully saturated rings. The number of aromatic amines is 1. The maximum Gasteiger partial charge on any atom is 0.284 e. The van der Waals surface area contributed by atoms with Crippen molar-refractivity contribution in [2.75, 3.05) is 12.8 Å². The van der Waals surface area contributed by atoms with E-state index in [-0.39, 0.29) is 4.84 Å². The lowest BCUT2D eigenvalue weighted by atomic mass is 10.2. The fourth-order valence-corrected chi connectivity index (χ4v) is 1.35. The first-order valence-corrected chi connectivity index (χ1v) is 4.61. The van der Waals surface area contributed by atoms with E-state index in [1.165, 1.54) is 0 Å². The van der Waals surface area contributed by atoms with Crippen LogP contribution in [0.5, 0.6) is 5.75 Å².